The second-order valence-electron chi connectivity index (χ2n) is 7.35. The van der Waals surface area contributed by atoms with Crippen LogP contribution in [0.5, 0.6) is 0 Å². The monoisotopic (exact) mass is 380 g/mol. The predicted molar refractivity (Wildman–Crippen MR) is 85.2 cm³/mol. The van der Waals surface area contributed by atoms with Crippen molar-refractivity contribution in [3.05, 3.63) is 20.6 Å². The van der Waals surface area contributed by atoms with Gasteiger partial charge < -0.3 is 24.8 Å². The summed E-state index contributed by atoms with van der Waals surface area (Å²) in [6, 6.07) is 0. The average molecular weight is 381 g/mol. The zero-order valence-corrected chi connectivity index (χ0v) is 18.5. The largest absolute Gasteiger partial charge is 1.00 e. The normalized spacial score (nSPS) is 18.7. The van der Waals surface area contributed by atoms with Crippen LogP contribution >= 0.6 is 0 Å². The molecule has 0 aromatic carbocycles. The molecule has 0 aromatic rings. The first-order valence-corrected chi connectivity index (χ1v) is 8.80. The van der Waals surface area contributed by atoms with E-state index in [1.807, 2.05) is 0 Å². The third-order valence-corrected chi connectivity index (χ3v) is 5.17. The molecule has 0 N–H and O–H groups in total. The smallest absolute Gasteiger partial charge is 1.00 e. The molecule has 0 aliphatic heterocycles. The Morgan fingerprint density at radius 1 is 0.909 bits per heavy atom. The molecule has 0 fully saturated rings. The third kappa shape index (κ3) is 5.67. The molecule has 127 valence electrons. The first-order valence-electron chi connectivity index (χ1n) is 8.02. The topological polar surface area (TPSA) is 3.24 Å². The van der Waals surface area contributed by atoms with E-state index in [1.165, 1.54) is 6.42 Å². The van der Waals surface area contributed by atoms with E-state index in [0.29, 0.717) is 23.7 Å². The minimum atomic E-state index is 0. The average Bonchev–Trinajstić information content (AvgIpc) is 2.59. The molecule has 1 atom stereocenters. The zero-order chi connectivity index (χ0) is 15.6. The Labute approximate surface area is 162 Å². The van der Waals surface area contributed by atoms with Gasteiger partial charge in [-0.05, 0) is 0 Å². The van der Waals surface area contributed by atoms with Gasteiger partial charge in [-0.3, -0.25) is 0 Å². The van der Waals surface area contributed by atoms with Crippen molar-refractivity contribution in [1.29, 1.82) is 0 Å². The Morgan fingerprint density at radius 2 is 1.36 bits per heavy atom. The molecule has 0 aromatic heterocycles. The SMILES string of the molecule is CC(C)C1=[C]([Ti+2])C(C(C)C)C(CCN(C)C)=C1C(C)C.[Cl-].[Cl-]. The fraction of sp³-hybridized carbons (Fsp3) is 0.778. The van der Waals surface area contributed by atoms with Crippen molar-refractivity contribution < 1.29 is 45.2 Å². The summed E-state index contributed by atoms with van der Waals surface area (Å²) in [5.74, 6) is 2.66. The first-order chi connectivity index (χ1) is 9.18. The van der Waals surface area contributed by atoms with Crippen molar-refractivity contribution in [2.24, 2.45) is 23.7 Å². The quantitative estimate of drug-likeness (QED) is 0.514. The van der Waals surface area contributed by atoms with Crippen molar-refractivity contribution >= 4 is 0 Å². The molecule has 1 aliphatic carbocycles. The van der Waals surface area contributed by atoms with Gasteiger partial charge in [0.05, 0.1) is 0 Å². The molecule has 1 aliphatic rings. The second-order valence-corrected chi connectivity index (χ2v) is 8.19. The molecular weight excluding hydrogens is 349 g/mol. The van der Waals surface area contributed by atoms with E-state index >= 15 is 0 Å². The van der Waals surface area contributed by atoms with E-state index in [4.69, 9.17) is 0 Å². The summed E-state index contributed by atoms with van der Waals surface area (Å²) in [5.41, 5.74) is 5.07. The molecular formula is C18H32Cl2NTi. The number of rotatable bonds is 6. The van der Waals surface area contributed by atoms with Crippen LogP contribution in [0.4, 0.5) is 0 Å². The van der Waals surface area contributed by atoms with Gasteiger partial charge >= 0.3 is 138 Å². The van der Waals surface area contributed by atoms with Crippen LogP contribution in [-0.4, -0.2) is 25.5 Å². The minimum absolute atomic E-state index is 0. The van der Waals surface area contributed by atoms with E-state index in [2.05, 4.69) is 81.0 Å². The van der Waals surface area contributed by atoms with Crippen LogP contribution in [0.2, 0.25) is 0 Å². The van der Waals surface area contributed by atoms with Gasteiger partial charge in [0.2, 0.25) is 0 Å². The molecule has 0 spiro atoms. The van der Waals surface area contributed by atoms with Crippen LogP contribution in [0.15, 0.2) is 20.6 Å². The summed E-state index contributed by atoms with van der Waals surface area (Å²) in [7, 11) is 4.36. The van der Waals surface area contributed by atoms with E-state index in [0.717, 1.165) is 6.54 Å². The first kappa shape index (κ1) is 25.0. The summed E-state index contributed by atoms with van der Waals surface area (Å²) < 4.78 is 1.65. The van der Waals surface area contributed by atoms with Crippen LogP contribution < -0.4 is 24.8 Å². The summed E-state index contributed by atoms with van der Waals surface area (Å²) in [4.78, 5) is 2.31. The van der Waals surface area contributed by atoms with E-state index in [-0.39, 0.29) is 24.8 Å². The number of hydrogen-bond acceptors (Lipinski definition) is 1. The van der Waals surface area contributed by atoms with E-state index < -0.39 is 0 Å². The molecule has 4 heteroatoms. The van der Waals surface area contributed by atoms with E-state index in [9.17, 15) is 0 Å². The van der Waals surface area contributed by atoms with Crippen LogP contribution in [-0.2, 0) is 20.4 Å². The van der Waals surface area contributed by atoms with Crippen LogP contribution in [0.3, 0.4) is 0 Å². The van der Waals surface area contributed by atoms with Gasteiger partial charge in [0, 0.05) is 0 Å². The second kappa shape index (κ2) is 10.6. The maximum absolute atomic E-state index is 2.38. The van der Waals surface area contributed by atoms with Gasteiger partial charge in [-0.1, -0.05) is 0 Å². The Kier molecular flexibility index (Phi) is 12.0. The van der Waals surface area contributed by atoms with Crippen LogP contribution in [0, 0.1) is 23.7 Å². The molecule has 0 radical (unpaired) electrons. The number of nitrogens with zero attached hydrogens (tertiary/aromatic N) is 1. The van der Waals surface area contributed by atoms with Crippen LogP contribution in [0.25, 0.3) is 0 Å². The van der Waals surface area contributed by atoms with Gasteiger partial charge in [0.25, 0.3) is 0 Å². The maximum atomic E-state index is 2.38. The molecule has 0 bridgehead atoms. The van der Waals surface area contributed by atoms with Gasteiger partial charge in [-0.2, -0.15) is 0 Å². The molecule has 0 amide bonds. The predicted octanol–water partition coefficient (Wildman–Crippen LogP) is -1.36. The summed E-state index contributed by atoms with van der Waals surface area (Å²) in [6.07, 6.45) is 1.22. The van der Waals surface area contributed by atoms with Crippen molar-refractivity contribution in [1.82, 2.24) is 4.90 Å². The van der Waals surface area contributed by atoms with Gasteiger partial charge in [0.1, 0.15) is 0 Å². The van der Waals surface area contributed by atoms with Crippen molar-refractivity contribution in [3.8, 4) is 0 Å². The van der Waals surface area contributed by atoms with Crippen LogP contribution in [0.1, 0.15) is 48.0 Å². The minimum Gasteiger partial charge on any atom is -1.00 e. The number of halogens is 2. The Morgan fingerprint density at radius 3 is 1.68 bits per heavy atom. The van der Waals surface area contributed by atoms with Crippen molar-refractivity contribution in [2.45, 2.75) is 48.0 Å². The summed E-state index contributed by atoms with van der Waals surface area (Å²) >= 11 is 2.38. The van der Waals surface area contributed by atoms with Gasteiger partial charge in [-0.25, -0.2) is 0 Å². The molecule has 1 unspecified atom stereocenters. The molecule has 0 saturated heterocycles. The Hall–Kier alpha value is 0.734. The number of allylic oxidation sites excluding steroid dienone is 3. The summed E-state index contributed by atoms with van der Waals surface area (Å²) in [6.45, 7) is 15.4. The third-order valence-electron chi connectivity index (χ3n) is 4.26. The maximum Gasteiger partial charge on any atom is -1.00 e. The molecule has 1 nitrogen and oxygen atoms in total. The molecule has 1 rings (SSSR count). The standard InChI is InChI=1S/C18H32N.2ClH.Ti/c1-12(2)16-11-17(13(3)4)18(14(5)6)15(16)9-10-19(7)8;;;/h12-14,16H,9-10H2,1-8H3;2*1H;/q;;;+2/p-2. The zero-order valence-electron chi connectivity index (χ0n) is 15.4. The van der Waals surface area contributed by atoms with Crippen molar-refractivity contribution in [2.75, 3.05) is 20.6 Å². The molecule has 0 saturated carbocycles. The summed E-state index contributed by atoms with van der Waals surface area (Å²) in [5, 5.41) is 0. The molecule has 22 heavy (non-hydrogen) atoms. The Balaban J connectivity index is 0. The van der Waals surface area contributed by atoms with E-state index in [1.54, 1.807) is 20.6 Å². The Bertz CT molecular complexity index is 409. The fourth-order valence-electron chi connectivity index (χ4n) is 3.50. The number of hydrogen-bond donors (Lipinski definition) is 0. The fourth-order valence-corrected chi connectivity index (χ4v) is 4.95. The van der Waals surface area contributed by atoms with Gasteiger partial charge in [-0.15, -0.1) is 0 Å². The van der Waals surface area contributed by atoms with Crippen molar-refractivity contribution in [3.63, 3.8) is 0 Å². The van der Waals surface area contributed by atoms with Gasteiger partial charge in [0.15, 0.2) is 0 Å². The molecule has 0 heterocycles.